The van der Waals surface area contributed by atoms with E-state index >= 15 is 0 Å². The van der Waals surface area contributed by atoms with Gasteiger partial charge in [-0.05, 0) is 29.3 Å². The van der Waals surface area contributed by atoms with Gasteiger partial charge in [-0.2, -0.15) is 0 Å². The van der Waals surface area contributed by atoms with Crippen molar-refractivity contribution in [3.63, 3.8) is 0 Å². The van der Waals surface area contributed by atoms with Crippen LogP contribution in [0.5, 0.6) is 0 Å². The molecule has 0 fully saturated rings. The van der Waals surface area contributed by atoms with Crippen molar-refractivity contribution in [3.05, 3.63) is 22.6 Å². The highest BCUT2D eigenvalue weighted by Gasteiger charge is 2.14. The minimum atomic E-state index is -0.392. The van der Waals surface area contributed by atoms with Crippen molar-refractivity contribution in [2.24, 2.45) is 0 Å². The Hall–Kier alpha value is -0.810. The van der Waals surface area contributed by atoms with Gasteiger partial charge in [0.2, 0.25) is 0 Å². The Balaban J connectivity index is 2.53. The Morgan fingerprint density at radius 3 is 2.87 bits per heavy atom. The first-order valence-corrected chi connectivity index (χ1v) is 5.47. The molecule has 0 bridgehead atoms. The number of hydrogen-bond donors (Lipinski definition) is 1. The molecule has 1 aromatic rings. The molecule has 1 atom stereocenters. The minimum Gasteiger partial charge on any atom is -0.457 e. The van der Waals surface area contributed by atoms with E-state index in [-0.39, 0.29) is 5.91 Å². The third kappa shape index (κ3) is 3.68. The van der Waals surface area contributed by atoms with Crippen LogP contribution in [0.3, 0.4) is 0 Å². The van der Waals surface area contributed by atoms with Crippen LogP contribution in [0.4, 0.5) is 0 Å². The summed E-state index contributed by atoms with van der Waals surface area (Å²) in [5, 5.41) is 9.09. The Kier molecular flexibility index (Phi) is 4.35. The van der Waals surface area contributed by atoms with Crippen LogP contribution in [0.15, 0.2) is 21.4 Å². The molecule has 1 unspecified atom stereocenters. The summed E-state index contributed by atoms with van der Waals surface area (Å²) in [6.45, 7) is 2.23. The monoisotopic (exact) mass is 275 g/mol. The van der Waals surface area contributed by atoms with E-state index in [0.717, 1.165) is 0 Å². The fourth-order valence-corrected chi connectivity index (χ4v) is 1.46. The molecule has 0 aliphatic heterocycles. The second-order valence-electron chi connectivity index (χ2n) is 3.50. The largest absolute Gasteiger partial charge is 0.457 e. The van der Waals surface area contributed by atoms with Crippen molar-refractivity contribution in [1.82, 2.24) is 4.90 Å². The molecular weight excluding hydrogens is 262 g/mol. The first-order valence-electron chi connectivity index (χ1n) is 4.68. The zero-order valence-electron chi connectivity index (χ0n) is 8.74. The standard InChI is InChI=1S/C10H14BrNO3/c1-7(13)3-4-12(2)10(14)8-5-9(11)15-6-8/h5-7,13H,3-4H2,1-2H3. The molecule has 0 aliphatic carbocycles. The molecule has 1 aromatic heterocycles. The van der Waals surface area contributed by atoms with Crippen molar-refractivity contribution < 1.29 is 14.3 Å². The summed E-state index contributed by atoms with van der Waals surface area (Å²) in [6, 6.07) is 1.63. The average molecular weight is 276 g/mol. The summed E-state index contributed by atoms with van der Waals surface area (Å²) in [7, 11) is 1.70. The van der Waals surface area contributed by atoms with E-state index in [9.17, 15) is 4.79 Å². The van der Waals surface area contributed by atoms with E-state index < -0.39 is 6.10 Å². The molecule has 0 spiro atoms. The minimum absolute atomic E-state index is 0.106. The van der Waals surface area contributed by atoms with E-state index in [1.54, 1.807) is 24.9 Å². The fourth-order valence-electron chi connectivity index (χ4n) is 1.12. The molecule has 0 aliphatic rings. The highest BCUT2D eigenvalue weighted by molar-refractivity contribution is 9.10. The second kappa shape index (κ2) is 5.32. The molecular formula is C10H14BrNO3. The molecule has 0 saturated heterocycles. The molecule has 1 heterocycles. The zero-order valence-corrected chi connectivity index (χ0v) is 10.3. The van der Waals surface area contributed by atoms with Gasteiger partial charge in [-0.1, -0.05) is 0 Å². The first-order chi connectivity index (χ1) is 7.00. The van der Waals surface area contributed by atoms with Crippen LogP contribution in [0.2, 0.25) is 0 Å². The van der Waals surface area contributed by atoms with Crippen molar-refractivity contribution in [3.8, 4) is 0 Å². The predicted molar refractivity (Wildman–Crippen MR) is 59.7 cm³/mol. The summed E-state index contributed by atoms with van der Waals surface area (Å²) in [4.78, 5) is 13.3. The molecule has 15 heavy (non-hydrogen) atoms. The van der Waals surface area contributed by atoms with Crippen LogP contribution in [-0.4, -0.2) is 35.6 Å². The van der Waals surface area contributed by atoms with E-state index in [1.807, 2.05) is 0 Å². The average Bonchev–Trinajstić information content (AvgIpc) is 2.60. The lowest BCUT2D eigenvalue weighted by Crippen LogP contribution is -2.29. The third-order valence-corrected chi connectivity index (χ3v) is 2.46. The quantitative estimate of drug-likeness (QED) is 0.913. The number of aliphatic hydroxyl groups is 1. The van der Waals surface area contributed by atoms with Gasteiger partial charge in [0.15, 0.2) is 4.67 Å². The molecule has 0 saturated carbocycles. The highest BCUT2D eigenvalue weighted by atomic mass is 79.9. The van der Waals surface area contributed by atoms with Gasteiger partial charge in [-0.15, -0.1) is 0 Å². The van der Waals surface area contributed by atoms with Gasteiger partial charge in [-0.3, -0.25) is 4.79 Å². The van der Waals surface area contributed by atoms with Gasteiger partial charge in [-0.25, -0.2) is 0 Å². The summed E-state index contributed by atoms with van der Waals surface area (Å²) in [5.74, 6) is -0.106. The van der Waals surface area contributed by atoms with Crippen molar-refractivity contribution in [1.29, 1.82) is 0 Å². The predicted octanol–water partition coefficient (Wildman–Crippen LogP) is 1.89. The molecule has 5 heteroatoms. The maximum atomic E-state index is 11.7. The number of halogens is 1. The number of nitrogens with zero attached hydrogens (tertiary/aromatic N) is 1. The molecule has 1 N–H and O–H groups in total. The maximum absolute atomic E-state index is 11.7. The lowest BCUT2D eigenvalue weighted by atomic mass is 10.2. The SMILES string of the molecule is CC(O)CCN(C)C(=O)c1coc(Br)c1. The normalized spacial score (nSPS) is 12.5. The number of aliphatic hydroxyl groups excluding tert-OH is 1. The summed E-state index contributed by atoms with van der Waals surface area (Å²) in [5.41, 5.74) is 0.509. The van der Waals surface area contributed by atoms with Crippen molar-refractivity contribution >= 4 is 21.8 Å². The topological polar surface area (TPSA) is 53.7 Å². The van der Waals surface area contributed by atoms with Gasteiger partial charge >= 0.3 is 0 Å². The lowest BCUT2D eigenvalue weighted by Gasteiger charge is -2.16. The Morgan fingerprint density at radius 2 is 2.40 bits per heavy atom. The van der Waals surface area contributed by atoms with Gasteiger partial charge in [0.1, 0.15) is 6.26 Å². The molecule has 1 rings (SSSR count). The molecule has 4 nitrogen and oxygen atoms in total. The number of amides is 1. The smallest absolute Gasteiger partial charge is 0.256 e. The third-order valence-electron chi connectivity index (χ3n) is 2.04. The van der Waals surface area contributed by atoms with E-state index in [4.69, 9.17) is 9.52 Å². The second-order valence-corrected chi connectivity index (χ2v) is 4.29. The van der Waals surface area contributed by atoms with Crippen LogP contribution in [0.25, 0.3) is 0 Å². The Bertz CT molecular complexity index is 335. The van der Waals surface area contributed by atoms with Gasteiger partial charge in [0.25, 0.3) is 5.91 Å². The van der Waals surface area contributed by atoms with E-state index in [2.05, 4.69) is 15.9 Å². The van der Waals surface area contributed by atoms with Crippen molar-refractivity contribution in [2.75, 3.05) is 13.6 Å². The maximum Gasteiger partial charge on any atom is 0.256 e. The Labute approximate surface area is 97.0 Å². The van der Waals surface area contributed by atoms with Crippen LogP contribution in [-0.2, 0) is 0 Å². The molecule has 0 aromatic carbocycles. The van der Waals surface area contributed by atoms with Crippen LogP contribution < -0.4 is 0 Å². The first kappa shape index (κ1) is 12.3. The molecule has 0 radical (unpaired) electrons. The lowest BCUT2D eigenvalue weighted by molar-refractivity contribution is 0.0768. The highest BCUT2D eigenvalue weighted by Crippen LogP contribution is 2.15. The molecule has 84 valence electrons. The number of furan rings is 1. The van der Waals surface area contributed by atoms with Gasteiger partial charge < -0.3 is 14.4 Å². The van der Waals surface area contributed by atoms with Crippen molar-refractivity contribution in [2.45, 2.75) is 19.4 Å². The van der Waals surface area contributed by atoms with Gasteiger partial charge in [0, 0.05) is 19.7 Å². The zero-order chi connectivity index (χ0) is 11.4. The van der Waals surface area contributed by atoms with Crippen LogP contribution in [0, 0.1) is 0 Å². The van der Waals surface area contributed by atoms with E-state index in [0.29, 0.717) is 23.2 Å². The number of carbonyl (C=O) groups excluding carboxylic acids is 1. The van der Waals surface area contributed by atoms with Crippen LogP contribution >= 0.6 is 15.9 Å². The van der Waals surface area contributed by atoms with Gasteiger partial charge in [0.05, 0.1) is 11.7 Å². The summed E-state index contributed by atoms with van der Waals surface area (Å²) < 4.78 is 5.52. The number of hydrogen-bond acceptors (Lipinski definition) is 3. The summed E-state index contributed by atoms with van der Waals surface area (Å²) >= 11 is 3.13. The van der Waals surface area contributed by atoms with Crippen LogP contribution in [0.1, 0.15) is 23.7 Å². The van der Waals surface area contributed by atoms with E-state index in [1.165, 1.54) is 6.26 Å². The number of carbonyl (C=O) groups is 1. The number of rotatable bonds is 4. The Morgan fingerprint density at radius 1 is 1.73 bits per heavy atom. The fraction of sp³-hybridized carbons (Fsp3) is 0.500. The summed E-state index contributed by atoms with van der Waals surface area (Å²) in [6.07, 6.45) is 1.59. The molecule has 1 amide bonds.